The molecule has 0 aliphatic heterocycles. The van der Waals surface area contributed by atoms with Gasteiger partial charge >= 0.3 is 0 Å². The predicted molar refractivity (Wildman–Crippen MR) is 53.9 cm³/mol. The lowest BCUT2D eigenvalue weighted by molar-refractivity contribution is 0.174. The Morgan fingerprint density at radius 2 is 2.00 bits per heavy atom. The summed E-state index contributed by atoms with van der Waals surface area (Å²) in [4.78, 5) is 0. The molecule has 2 rings (SSSR count). The maximum Gasteiger partial charge on any atom is 0.0801 e. The van der Waals surface area contributed by atoms with Crippen LogP contribution in [0.15, 0.2) is 12.1 Å². The molecule has 0 spiro atoms. The number of fused-ring (bicyclic) bond motifs is 1. The van der Waals surface area contributed by atoms with Gasteiger partial charge in [-0.15, -0.1) is 0 Å². The van der Waals surface area contributed by atoms with Crippen LogP contribution in [0.1, 0.15) is 47.6 Å². The van der Waals surface area contributed by atoms with Crippen LogP contribution in [0.4, 0.5) is 0 Å². The number of benzene rings is 1. The van der Waals surface area contributed by atoms with Crippen LogP contribution in [0.2, 0.25) is 0 Å². The van der Waals surface area contributed by atoms with Crippen molar-refractivity contribution in [2.24, 2.45) is 0 Å². The van der Waals surface area contributed by atoms with E-state index in [4.69, 9.17) is 0 Å². The van der Waals surface area contributed by atoms with Crippen molar-refractivity contribution in [2.75, 3.05) is 0 Å². The van der Waals surface area contributed by atoms with Crippen molar-refractivity contribution in [3.63, 3.8) is 0 Å². The van der Waals surface area contributed by atoms with Gasteiger partial charge in [0, 0.05) is 0 Å². The van der Waals surface area contributed by atoms with Crippen LogP contribution in [0.25, 0.3) is 0 Å². The van der Waals surface area contributed by atoms with Gasteiger partial charge in [0.1, 0.15) is 0 Å². The second-order valence-electron chi connectivity index (χ2n) is 4.24. The molecule has 1 aromatic rings. The van der Waals surface area contributed by atoms with Gasteiger partial charge in [-0.3, -0.25) is 0 Å². The molecule has 0 aromatic heterocycles. The zero-order chi connectivity index (χ0) is 9.59. The molecule has 1 heteroatoms. The minimum atomic E-state index is -0.231. The number of rotatable bonds is 0. The van der Waals surface area contributed by atoms with Crippen LogP contribution in [0.3, 0.4) is 0 Å². The fourth-order valence-corrected chi connectivity index (χ4v) is 2.45. The van der Waals surface area contributed by atoms with Gasteiger partial charge < -0.3 is 5.11 Å². The summed E-state index contributed by atoms with van der Waals surface area (Å²) >= 11 is 0. The van der Waals surface area contributed by atoms with Crippen molar-refractivity contribution in [1.82, 2.24) is 0 Å². The van der Waals surface area contributed by atoms with Crippen LogP contribution < -0.4 is 0 Å². The second-order valence-corrected chi connectivity index (χ2v) is 4.24. The average Bonchev–Trinajstić information content (AvgIpc) is 2.27. The lowest BCUT2D eigenvalue weighted by Crippen LogP contribution is -1.94. The maximum absolute atomic E-state index is 9.82. The molecule has 0 amide bonds. The first-order valence-electron chi connectivity index (χ1n) is 4.88. The highest BCUT2D eigenvalue weighted by atomic mass is 16.3. The van der Waals surface area contributed by atoms with Gasteiger partial charge in [0.05, 0.1) is 6.10 Å². The molecule has 1 aliphatic rings. The Kier molecular flexibility index (Phi) is 1.92. The van der Waals surface area contributed by atoms with Crippen molar-refractivity contribution in [2.45, 2.75) is 39.2 Å². The van der Waals surface area contributed by atoms with Gasteiger partial charge in [0.2, 0.25) is 0 Å². The fourth-order valence-electron chi connectivity index (χ4n) is 2.45. The number of aryl methyl sites for hydroxylation is 2. The lowest BCUT2D eigenvalue weighted by atomic mass is 9.97. The van der Waals surface area contributed by atoms with E-state index in [0.717, 1.165) is 6.42 Å². The lowest BCUT2D eigenvalue weighted by Gasteiger charge is -2.09. The van der Waals surface area contributed by atoms with E-state index in [2.05, 4.69) is 32.9 Å². The van der Waals surface area contributed by atoms with Gasteiger partial charge in [-0.05, 0) is 42.9 Å². The highest BCUT2D eigenvalue weighted by Gasteiger charge is 2.27. The average molecular weight is 176 g/mol. The summed E-state index contributed by atoms with van der Waals surface area (Å²) < 4.78 is 0. The zero-order valence-corrected chi connectivity index (χ0v) is 8.46. The molecule has 1 N–H and O–H groups in total. The second kappa shape index (κ2) is 2.85. The van der Waals surface area contributed by atoms with Crippen molar-refractivity contribution in [1.29, 1.82) is 0 Å². The molecule has 0 radical (unpaired) electrons. The molecule has 2 unspecified atom stereocenters. The van der Waals surface area contributed by atoms with Gasteiger partial charge in [-0.2, -0.15) is 0 Å². The largest absolute Gasteiger partial charge is 0.388 e. The topological polar surface area (TPSA) is 20.2 Å². The zero-order valence-electron chi connectivity index (χ0n) is 8.46. The molecule has 0 heterocycles. The Morgan fingerprint density at radius 1 is 1.31 bits per heavy atom. The summed E-state index contributed by atoms with van der Waals surface area (Å²) in [6.07, 6.45) is 0.658. The van der Waals surface area contributed by atoms with Crippen LogP contribution in [-0.4, -0.2) is 5.11 Å². The minimum Gasteiger partial charge on any atom is -0.388 e. The maximum atomic E-state index is 9.82. The van der Waals surface area contributed by atoms with Crippen molar-refractivity contribution >= 4 is 0 Å². The van der Waals surface area contributed by atoms with Crippen LogP contribution in [0.5, 0.6) is 0 Å². The van der Waals surface area contributed by atoms with E-state index < -0.39 is 0 Å². The monoisotopic (exact) mass is 176 g/mol. The molecule has 13 heavy (non-hydrogen) atoms. The first kappa shape index (κ1) is 8.76. The van der Waals surface area contributed by atoms with Crippen LogP contribution in [-0.2, 0) is 0 Å². The summed E-state index contributed by atoms with van der Waals surface area (Å²) in [6.45, 7) is 6.39. The summed E-state index contributed by atoms with van der Waals surface area (Å²) in [6, 6.07) is 4.36. The Labute approximate surface area is 79.4 Å². The predicted octanol–water partition coefficient (Wildman–Crippen LogP) is 2.84. The Morgan fingerprint density at radius 3 is 2.69 bits per heavy atom. The molecule has 0 bridgehead atoms. The smallest absolute Gasteiger partial charge is 0.0801 e. The standard InChI is InChI=1S/C12H16O/c1-7-4-9(3)12-10(5-7)8(2)6-11(12)13/h4-5,8,11,13H,6H2,1-3H3. The van der Waals surface area contributed by atoms with E-state index in [1.54, 1.807) is 0 Å². The Balaban J connectivity index is 2.63. The summed E-state index contributed by atoms with van der Waals surface area (Å²) in [5, 5.41) is 9.82. The third-order valence-electron chi connectivity index (χ3n) is 3.00. The highest BCUT2D eigenvalue weighted by Crippen LogP contribution is 2.41. The van der Waals surface area contributed by atoms with Gasteiger partial charge in [0.25, 0.3) is 0 Å². The summed E-state index contributed by atoms with van der Waals surface area (Å²) in [5.74, 6) is 0.517. The summed E-state index contributed by atoms with van der Waals surface area (Å²) in [7, 11) is 0. The number of hydrogen-bond donors (Lipinski definition) is 1. The molecule has 1 aromatic carbocycles. The molecular weight excluding hydrogens is 160 g/mol. The quantitative estimate of drug-likeness (QED) is 0.644. The van der Waals surface area contributed by atoms with E-state index in [-0.39, 0.29) is 6.10 Å². The van der Waals surface area contributed by atoms with Gasteiger partial charge in [-0.1, -0.05) is 24.6 Å². The molecule has 1 nitrogen and oxygen atoms in total. The molecule has 0 saturated heterocycles. The molecule has 0 fully saturated rings. The Bertz CT molecular complexity index is 341. The molecule has 70 valence electrons. The Hall–Kier alpha value is -0.820. The normalized spacial score (nSPS) is 26.2. The highest BCUT2D eigenvalue weighted by molar-refractivity contribution is 5.44. The van der Waals surface area contributed by atoms with E-state index in [9.17, 15) is 5.11 Å². The SMILES string of the molecule is Cc1cc(C)c2c(c1)C(C)CC2O. The van der Waals surface area contributed by atoms with Gasteiger partial charge in [0.15, 0.2) is 0 Å². The van der Waals surface area contributed by atoms with Gasteiger partial charge in [-0.25, -0.2) is 0 Å². The van der Waals surface area contributed by atoms with E-state index >= 15 is 0 Å². The molecular formula is C12H16O. The van der Waals surface area contributed by atoms with Crippen molar-refractivity contribution in [3.8, 4) is 0 Å². The summed E-state index contributed by atoms with van der Waals surface area (Å²) in [5.41, 5.74) is 5.08. The van der Waals surface area contributed by atoms with Crippen molar-refractivity contribution in [3.05, 3.63) is 34.4 Å². The fraction of sp³-hybridized carbons (Fsp3) is 0.500. The van der Waals surface area contributed by atoms with E-state index in [0.29, 0.717) is 5.92 Å². The first-order valence-corrected chi connectivity index (χ1v) is 4.88. The number of aliphatic hydroxyl groups is 1. The van der Waals surface area contributed by atoms with E-state index in [1.165, 1.54) is 22.3 Å². The first-order chi connectivity index (χ1) is 6.09. The molecule has 0 saturated carbocycles. The van der Waals surface area contributed by atoms with Crippen LogP contribution >= 0.6 is 0 Å². The number of hydrogen-bond acceptors (Lipinski definition) is 1. The molecule has 1 aliphatic carbocycles. The number of aliphatic hydroxyl groups excluding tert-OH is 1. The van der Waals surface area contributed by atoms with E-state index in [1.807, 2.05) is 0 Å². The third-order valence-corrected chi connectivity index (χ3v) is 3.00. The third kappa shape index (κ3) is 1.28. The van der Waals surface area contributed by atoms with Crippen molar-refractivity contribution < 1.29 is 5.11 Å². The minimum absolute atomic E-state index is 0.231. The molecule has 2 atom stereocenters. The van der Waals surface area contributed by atoms with Crippen LogP contribution in [0, 0.1) is 13.8 Å².